The molecule has 0 aliphatic carbocycles. The summed E-state index contributed by atoms with van der Waals surface area (Å²) in [7, 11) is 0. The Morgan fingerprint density at radius 3 is 2.42 bits per heavy atom. The first kappa shape index (κ1) is 24.5. The number of halogens is 3. The molecule has 3 aromatic heterocycles. The van der Waals surface area contributed by atoms with Crippen molar-refractivity contribution in [3.8, 4) is 0 Å². The Morgan fingerprint density at radius 2 is 1.84 bits per heavy atom. The highest BCUT2D eigenvalue weighted by molar-refractivity contribution is 6.23. The molecule has 6 rings (SSSR count). The Hall–Kier alpha value is -3.81. The summed E-state index contributed by atoms with van der Waals surface area (Å²) in [5.74, 6) is 0.0537. The van der Waals surface area contributed by atoms with Crippen molar-refractivity contribution in [1.82, 2.24) is 29.6 Å². The largest absolute Gasteiger partial charge is 0.433 e. The van der Waals surface area contributed by atoms with Gasteiger partial charge in [-0.1, -0.05) is 0 Å². The summed E-state index contributed by atoms with van der Waals surface area (Å²) < 4.78 is 46.1. The number of anilines is 2. The molecule has 3 aliphatic rings. The van der Waals surface area contributed by atoms with Crippen molar-refractivity contribution in [1.29, 1.82) is 0 Å². The average Bonchev–Trinajstić information content (AvgIpc) is 3.28. The van der Waals surface area contributed by atoms with Crippen molar-refractivity contribution in [3.05, 3.63) is 35.9 Å². The van der Waals surface area contributed by atoms with Gasteiger partial charge < -0.3 is 14.5 Å². The second-order valence-corrected chi connectivity index (χ2v) is 9.71. The van der Waals surface area contributed by atoms with E-state index in [1.54, 1.807) is 13.1 Å². The lowest BCUT2D eigenvalue weighted by Crippen LogP contribution is -2.56. The van der Waals surface area contributed by atoms with E-state index in [0.29, 0.717) is 45.1 Å². The third kappa shape index (κ3) is 3.61. The third-order valence-electron chi connectivity index (χ3n) is 7.61. The molecule has 0 radical (unpaired) electrons. The number of hydrogen-bond acceptors (Lipinski definition) is 8. The van der Waals surface area contributed by atoms with Crippen molar-refractivity contribution < 1.29 is 27.5 Å². The van der Waals surface area contributed by atoms with Gasteiger partial charge in [-0.2, -0.15) is 23.3 Å². The van der Waals surface area contributed by atoms with Gasteiger partial charge in [0.25, 0.3) is 5.91 Å². The number of nitrogens with zero attached hydrogens (tertiary/aromatic N) is 8. The van der Waals surface area contributed by atoms with Gasteiger partial charge in [0.1, 0.15) is 17.3 Å². The Labute approximate surface area is 215 Å². The minimum Gasteiger partial charge on any atom is -0.377 e. The van der Waals surface area contributed by atoms with Crippen LogP contribution in [-0.4, -0.2) is 80.0 Å². The highest BCUT2D eigenvalue weighted by Gasteiger charge is 2.58. The molecule has 3 amide bonds. The number of likely N-dealkylation sites (N-methyl/N-ethyl adjacent to an activating group) is 1. The van der Waals surface area contributed by atoms with E-state index in [1.807, 2.05) is 16.5 Å². The normalized spacial score (nSPS) is 20.2. The van der Waals surface area contributed by atoms with Gasteiger partial charge in [-0.15, -0.1) is 0 Å². The van der Waals surface area contributed by atoms with Crippen molar-refractivity contribution in [2.75, 3.05) is 42.6 Å². The van der Waals surface area contributed by atoms with Crippen molar-refractivity contribution >= 4 is 34.6 Å². The third-order valence-corrected chi connectivity index (χ3v) is 7.61. The predicted molar refractivity (Wildman–Crippen MR) is 129 cm³/mol. The summed E-state index contributed by atoms with van der Waals surface area (Å²) in [5, 5.41) is 5.47. The lowest BCUT2D eigenvalue weighted by Gasteiger charge is -2.41. The van der Waals surface area contributed by atoms with Crippen molar-refractivity contribution in [2.45, 2.75) is 44.4 Å². The maximum Gasteiger partial charge on any atom is 0.433 e. The summed E-state index contributed by atoms with van der Waals surface area (Å²) in [5.41, 5.74) is -0.611. The Balaban J connectivity index is 1.25. The van der Waals surface area contributed by atoms with E-state index in [0.717, 1.165) is 40.0 Å². The van der Waals surface area contributed by atoms with E-state index in [-0.39, 0.29) is 18.3 Å². The van der Waals surface area contributed by atoms with Crippen molar-refractivity contribution in [2.24, 2.45) is 0 Å². The molecular weight excluding hydrogens is 505 g/mol. The molecule has 0 bridgehead atoms. The van der Waals surface area contributed by atoms with Crippen LogP contribution in [0.4, 0.5) is 29.6 Å². The highest BCUT2D eigenvalue weighted by atomic mass is 19.4. The van der Waals surface area contributed by atoms with Gasteiger partial charge in [-0.3, -0.25) is 4.79 Å². The summed E-state index contributed by atoms with van der Waals surface area (Å²) >= 11 is 0. The van der Waals surface area contributed by atoms with Gasteiger partial charge in [0.15, 0.2) is 5.65 Å². The van der Waals surface area contributed by atoms with Gasteiger partial charge in [-0.05, 0) is 38.8 Å². The number of aromatic nitrogens is 5. The Morgan fingerprint density at radius 1 is 1.11 bits per heavy atom. The number of aryl methyl sites for hydroxylation is 1. The van der Waals surface area contributed by atoms with Gasteiger partial charge in [0.05, 0.1) is 36.2 Å². The van der Waals surface area contributed by atoms with Crippen LogP contribution in [0, 0.1) is 6.92 Å². The van der Waals surface area contributed by atoms with Crippen LogP contribution >= 0.6 is 0 Å². The molecule has 0 saturated carbocycles. The number of carbonyl (C=O) groups excluding carboxylic acids is 2. The molecule has 0 unspecified atom stereocenters. The lowest BCUT2D eigenvalue weighted by molar-refractivity contribution is -0.141. The molecule has 14 heteroatoms. The zero-order valence-corrected chi connectivity index (χ0v) is 20.8. The average molecular weight is 531 g/mol. The maximum atomic E-state index is 13.7. The summed E-state index contributed by atoms with van der Waals surface area (Å²) in [4.78, 5) is 44.1. The minimum atomic E-state index is -4.62. The number of fused-ring (bicyclic) bond motifs is 1. The monoisotopic (exact) mass is 530 g/mol. The predicted octanol–water partition coefficient (Wildman–Crippen LogP) is 2.95. The van der Waals surface area contributed by atoms with Gasteiger partial charge in [-0.25, -0.2) is 24.3 Å². The number of piperidine rings is 1. The molecule has 3 aliphatic heterocycles. The molecule has 0 atom stereocenters. The van der Waals surface area contributed by atoms with Crippen LogP contribution in [-0.2, 0) is 15.7 Å². The first-order valence-electron chi connectivity index (χ1n) is 12.4. The fourth-order valence-corrected chi connectivity index (χ4v) is 5.45. The van der Waals surface area contributed by atoms with Gasteiger partial charge in [0, 0.05) is 25.8 Å². The second-order valence-electron chi connectivity index (χ2n) is 9.71. The molecule has 200 valence electrons. The van der Waals surface area contributed by atoms with E-state index in [9.17, 15) is 22.8 Å². The topological polar surface area (TPSA) is 110 Å². The number of rotatable bonds is 4. The fourth-order valence-electron chi connectivity index (χ4n) is 5.45. The SMILES string of the molecule is CCN1C(=O)N(c2ccc(C(F)(F)F)nc2)C(=O)C12CCN(c1ncc3c(C)nn(C4COC4)c3n1)CC2. The molecule has 38 heavy (non-hydrogen) atoms. The van der Waals surface area contributed by atoms with E-state index in [2.05, 4.69) is 15.1 Å². The number of alkyl halides is 3. The fraction of sp³-hybridized carbons (Fsp3) is 0.500. The number of carbonyl (C=O) groups is 2. The maximum absolute atomic E-state index is 13.7. The quantitative estimate of drug-likeness (QED) is 0.474. The van der Waals surface area contributed by atoms with E-state index >= 15 is 0 Å². The molecule has 6 heterocycles. The number of pyridine rings is 1. The Kier molecular flexibility index (Phi) is 5.56. The summed E-state index contributed by atoms with van der Waals surface area (Å²) in [6.07, 6.45) is -1.29. The van der Waals surface area contributed by atoms with Crippen molar-refractivity contribution in [3.63, 3.8) is 0 Å². The molecule has 1 spiro atoms. The molecule has 0 aromatic carbocycles. The van der Waals surface area contributed by atoms with Gasteiger partial charge >= 0.3 is 12.2 Å². The standard InChI is InChI=1S/C24H25F3N8O3/c1-3-33-22(37)34(15-4-5-18(28-10-15)24(25,26)27)20(36)23(33)6-8-32(9-7-23)21-29-11-17-14(2)31-35(19(17)30-21)16-12-38-13-16/h4-5,10-11,16H,3,6-9,12-13H2,1-2H3. The molecule has 0 N–H and O–H groups in total. The zero-order chi connectivity index (χ0) is 26.8. The smallest absolute Gasteiger partial charge is 0.377 e. The minimum absolute atomic E-state index is 0.0168. The number of imide groups is 1. The molecular formula is C24H25F3N8O3. The number of amides is 3. The van der Waals surface area contributed by atoms with Crippen LogP contribution in [0.15, 0.2) is 24.5 Å². The second kappa shape index (κ2) is 8.61. The molecule has 3 aromatic rings. The molecule has 11 nitrogen and oxygen atoms in total. The number of hydrogen-bond donors (Lipinski definition) is 0. The van der Waals surface area contributed by atoms with E-state index in [4.69, 9.17) is 9.72 Å². The number of urea groups is 1. The van der Waals surface area contributed by atoms with Crippen LogP contribution in [0.1, 0.15) is 37.2 Å². The summed E-state index contributed by atoms with van der Waals surface area (Å²) in [6.45, 7) is 5.95. The molecule has 3 fully saturated rings. The lowest BCUT2D eigenvalue weighted by atomic mass is 9.86. The van der Waals surface area contributed by atoms with Crippen LogP contribution < -0.4 is 9.80 Å². The number of ether oxygens (including phenoxy) is 1. The zero-order valence-electron chi connectivity index (χ0n) is 20.8. The van der Waals surface area contributed by atoms with Crippen LogP contribution in [0.5, 0.6) is 0 Å². The van der Waals surface area contributed by atoms with Crippen LogP contribution in [0.3, 0.4) is 0 Å². The molecule has 3 saturated heterocycles. The summed E-state index contributed by atoms with van der Waals surface area (Å²) in [6, 6.07) is 1.45. The van der Waals surface area contributed by atoms with E-state index < -0.39 is 29.3 Å². The first-order chi connectivity index (χ1) is 18.1. The highest BCUT2D eigenvalue weighted by Crippen LogP contribution is 2.40. The van der Waals surface area contributed by atoms with E-state index in [1.165, 1.54) is 4.90 Å². The van der Waals surface area contributed by atoms with Gasteiger partial charge in [0.2, 0.25) is 5.95 Å². The Bertz CT molecular complexity index is 1410. The van der Waals surface area contributed by atoms with Crippen LogP contribution in [0.25, 0.3) is 11.0 Å². The first-order valence-corrected chi connectivity index (χ1v) is 12.4. The van der Waals surface area contributed by atoms with Crippen LogP contribution in [0.2, 0.25) is 0 Å².